The molecule has 1 heterocycles. The topological polar surface area (TPSA) is 20.9 Å². The molecule has 86 valence electrons. The number of carbonyl (C=O) groups excluding carboxylic acids is 1. The van der Waals surface area contributed by atoms with Crippen molar-refractivity contribution in [3.05, 3.63) is 35.7 Å². The number of aromatic nitrogens is 1. The second-order valence-corrected chi connectivity index (χ2v) is 4.10. The standard InChI is InChI=1S/C13H16NO.HI/c1-14-8-6-11(7-9-14)10-12-4-2-3-5-13(12)15;/h6-10H,2-5H2,1H3;1H/q+1;/p-1/b12-10-;. The molecule has 2 nitrogen and oxygen atoms in total. The van der Waals surface area contributed by atoms with Crippen LogP contribution in [0.15, 0.2) is 30.1 Å². The van der Waals surface area contributed by atoms with E-state index in [-0.39, 0.29) is 24.0 Å². The van der Waals surface area contributed by atoms with Gasteiger partial charge in [0.25, 0.3) is 0 Å². The molecule has 1 aliphatic carbocycles. The molecular formula is C13H16INO. The zero-order chi connectivity index (χ0) is 10.7. The van der Waals surface area contributed by atoms with Gasteiger partial charge in [0, 0.05) is 18.6 Å². The van der Waals surface area contributed by atoms with Crippen LogP contribution in [-0.4, -0.2) is 5.78 Å². The van der Waals surface area contributed by atoms with Gasteiger partial charge in [0.1, 0.15) is 7.05 Å². The molecule has 0 spiro atoms. The molecule has 0 aliphatic heterocycles. The van der Waals surface area contributed by atoms with Gasteiger partial charge in [-0.1, -0.05) is 0 Å². The third-order valence-electron chi connectivity index (χ3n) is 2.80. The van der Waals surface area contributed by atoms with E-state index in [4.69, 9.17) is 0 Å². The van der Waals surface area contributed by atoms with E-state index in [1.807, 2.05) is 42.2 Å². The van der Waals surface area contributed by atoms with E-state index in [9.17, 15) is 4.79 Å². The number of rotatable bonds is 1. The number of nitrogens with zero attached hydrogens (tertiary/aromatic N) is 1. The first-order chi connectivity index (χ1) is 7.25. The van der Waals surface area contributed by atoms with Gasteiger partial charge in [-0.2, -0.15) is 0 Å². The minimum Gasteiger partial charge on any atom is -1.00 e. The van der Waals surface area contributed by atoms with E-state index in [1.54, 1.807) is 0 Å². The summed E-state index contributed by atoms with van der Waals surface area (Å²) in [5.41, 5.74) is 2.12. The highest BCUT2D eigenvalue weighted by Gasteiger charge is 2.14. The Morgan fingerprint density at radius 1 is 1.19 bits per heavy atom. The molecule has 1 aromatic heterocycles. The van der Waals surface area contributed by atoms with Gasteiger partial charge in [0.2, 0.25) is 0 Å². The summed E-state index contributed by atoms with van der Waals surface area (Å²) in [4.78, 5) is 11.6. The molecule has 0 aromatic carbocycles. The van der Waals surface area contributed by atoms with Crippen molar-refractivity contribution < 1.29 is 33.3 Å². The average molecular weight is 329 g/mol. The number of Topliss-reactive ketones (excluding diaryl/α,β-unsaturated/α-hetero) is 1. The Bertz CT molecular complexity index is 395. The first kappa shape index (κ1) is 13.4. The molecule has 0 bridgehead atoms. The normalized spacial score (nSPS) is 18.3. The van der Waals surface area contributed by atoms with Crippen molar-refractivity contribution in [3.63, 3.8) is 0 Å². The van der Waals surface area contributed by atoms with Crippen LogP contribution in [0.2, 0.25) is 0 Å². The number of aryl methyl sites for hydroxylation is 1. The minimum absolute atomic E-state index is 0. The fourth-order valence-electron chi connectivity index (χ4n) is 1.86. The maximum Gasteiger partial charge on any atom is 0.169 e. The zero-order valence-electron chi connectivity index (χ0n) is 9.45. The summed E-state index contributed by atoms with van der Waals surface area (Å²) in [7, 11) is 1.99. The number of pyridine rings is 1. The fourth-order valence-corrected chi connectivity index (χ4v) is 1.86. The van der Waals surface area contributed by atoms with Crippen molar-refractivity contribution >= 4 is 11.9 Å². The van der Waals surface area contributed by atoms with E-state index >= 15 is 0 Å². The molecule has 1 aromatic rings. The predicted molar refractivity (Wildman–Crippen MR) is 59.1 cm³/mol. The summed E-state index contributed by atoms with van der Waals surface area (Å²) in [6.45, 7) is 0. The van der Waals surface area contributed by atoms with Crippen molar-refractivity contribution in [3.8, 4) is 0 Å². The molecular weight excluding hydrogens is 313 g/mol. The monoisotopic (exact) mass is 329 g/mol. The molecule has 0 atom stereocenters. The van der Waals surface area contributed by atoms with Crippen molar-refractivity contribution in [2.75, 3.05) is 0 Å². The number of allylic oxidation sites excluding steroid dienone is 1. The first-order valence-corrected chi connectivity index (χ1v) is 5.45. The van der Waals surface area contributed by atoms with Crippen LogP contribution in [0.5, 0.6) is 0 Å². The van der Waals surface area contributed by atoms with E-state index < -0.39 is 0 Å². The van der Waals surface area contributed by atoms with Gasteiger partial charge in [-0.3, -0.25) is 4.79 Å². The second kappa shape index (κ2) is 6.13. The molecule has 0 N–H and O–H groups in total. The molecule has 1 aliphatic rings. The smallest absolute Gasteiger partial charge is 0.169 e. The van der Waals surface area contributed by atoms with Gasteiger partial charge in [0.15, 0.2) is 18.2 Å². The number of hydrogen-bond acceptors (Lipinski definition) is 1. The highest BCUT2D eigenvalue weighted by Crippen LogP contribution is 2.21. The summed E-state index contributed by atoms with van der Waals surface area (Å²) in [6, 6.07) is 4.07. The lowest BCUT2D eigenvalue weighted by atomic mass is 9.92. The Hall–Kier alpha value is -0.710. The SMILES string of the molecule is C[n+]1ccc(/C=C2/CCCCC2=O)cc1.[I-]. The third kappa shape index (κ3) is 3.40. The number of halogens is 1. The number of ketones is 1. The predicted octanol–water partition coefficient (Wildman–Crippen LogP) is -0.958. The Kier molecular flexibility index (Phi) is 5.12. The molecule has 0 unspecified atom stereocenters. The van der Waals surface area contributed by atoms with Gasteiger partial charge in [-0.05, 0) is 36.5 Å². The Morgan fingerprint density at radius 3 is 2.44 bits per heavy atom. The lowest BCUT2D eigenvalue weighted by Crippen LogP contribution is -3.00. The Balaban J connectivity index is 0.00000128. The maximum absolute atomic E-state index is 11.6. The average Bonchev–Trinajstić information content (AvgIpc) is 2.25. The van der Waals surface area contributed by atoms with Crippen LogP contribution in [0, 0.1) is 0 Å². The van der Waals surface area contributed by atoms with Gasteiger partial charge in [-0.15, -0.1) is 0 Å². The summed E-state index contributed by atoms with van der Waals surface area (Å²) in [6.07, 6.45) is 9.91. The minimum atomic E-state index is 0. The molecule has 0 amide bonds. The van der Waals surface area contributed by atoms with Crippen LogP contribution in [0.1, 0.15) is 31.2 Å². The summed E-state index contributed by atoms with van der Waals surface area (Å²) >= 11 is 0. The summed E-state index contributed by atoms with van der Waals surface area (Å²) in [5.74, 6) is 0.328. The van der Waals surface area contributed by atoms with Gasteiger partial charge < -0.3 is 24.0 Å². The van der Waals surface area contributed by atoms with Gasteiger partial charge >= 0.3 is 0 Å². The van der Waals surface area contributed by atoms with E-state index in [1.165, 1.54) is 0 Å². The van der Waals surface area contributed by atoms with Crippen molar-refractivity contribution in [2.45, 2.75) is 25.7 Å². The van der Waals surface area contributed by atoms with Crippen LogP contribution in [-0.2, 0) is 11.8 Å². The lowest BCUT2D eigenvalue weighted by molar-refractivity contribution is -0.671. The molecule has 16 heavy (non-hydrogen) atoms. The van der Waals surface area contributed by atoms with E-state index in [0.29, 0.717) is 5.78 Å². The molecule has 0 radical (unpaired) electrons. The highest BCUT2D eigenvalue weighted by atomic mass is 127. The van der Waals surface area contributed by atoms with Crippen LogP contribution >= 0.6 is 0 Å². The van der Waals surface area contributed by atoms with Crippen molar-refractivity contribution in [1.82, 2.24) is 0 Å². The molecule has 1 saturated carbocycles. The second-order valence-electron chi connectivity index (χ2n) is 4.10. The first-order valence-electron chi connectivity index (χ1n) is 5.45. The Labute approximate surface area is 113 Å². The molecule has 3 heteroatoms. The molecule has 1 fully saturated rings. The zero-order valence-corrected chi connectivity index (χ0v) is 11.6. The molecule has 2 rings (SSSR count). The Morgan fingerprint density at radius 2 is 1.81 bits per heavy atom. The summed E-state index contributed by atoms with van der Waals surface area (Å²) in [5, 5.41) is 0. The highest BCUT2D eigenvalue weighted by molar-refractivity contribution is 6.00. The third-order valence-corrected chi connectivity index (χ3v) is 2.80. The number of hydrogen-bond donors (Lipinski definition) is 0. The van der Waals surface area contributed by atoms with Gasteiger partial charge in [-0.25, -0.2) is 4.57 Å². The number of carbonyl (C=O) groups is 1. The van der Waals surface area contributed by atoms with Crippen LogP contribution < -0.4 is 28.5 Å². The fraction of sp³-hybridized carbons (Fsp3) is 0.385. The van der Waals surface area contributed by atoms with E-state index in [2.05, 4.69) is 0 Å². The quantitative estimate of drug-likeness (QED) is 0.369. The van der Waals surface area contributed by atoms with Crippen LogP contribution in [0.25, 0.3) is 6.08 Å². The van der Waals surface area contributed by atoms with E-state index in [0.717, 1.165) is 36.8 Å². The maximum atomic E-state index is 11.6. The van der Waals surface area contributed by atoms with Crippen LogP contribution in [0.4, 0.5) is 0 Å². The van der Waals surface area contributed by atoms with Crippen LogP contribution in [0.3, 0.4) is 0 Å². The lowest BCUT2D eigenvalue weighted by Gasteiger charge is -2.11. The van der Waals surface area contributed by atoms with Gasteiger partial charge in [0.05, 0.1) is 0 Å². The largest absolute Gasteiger partial charge is 1.00 e. The summed E-state index contributed by atoms with van der Waals surface area (Å²) < 4.78 is 1.99. The molecule has 0 saturated heterocycles. The van der Waals surface area contributed by atoms with Crippen molar-refractivity contribution in [2.24, 2.45) is 7.05 Å². The van der Waals surface area contributed by atoms with Crippen molar-refractivity contribution in [1.29, 1.82) is 0 Å².